The number of aromatic nitrogens is 5. The third-order valence-corrected chi connectivity index (χ3v) is 6.71. The van der Waals surface area contributed by atoms with Gasteiger partial charge in [-0.3, -0.25) is 9.59 Å². The molecule has 3 aromatic carbocycles. The Hall–Kier alpha value is -4.66. The van der Waals surface area contributed by atoms with E-state index in [0.717, 1.165) is 41.6 Å². The van der Waals surface area contributed by atoms with E-state index in [1.165, 1.54) is 5.39 Å². The Labute approximate surface area is 220 Å². The predicted octanol–water partition coefficient (Wildman–Crippen LogP) is 4.91. The molecule has 0 spiro atoms. The fourth-order valence-electron chi connectivity index (χ4n) is 4.57. The van der Waals surface area contributed by atoms with Gasteiger partial charge >= 0.3 is 0 Å². The van der Waals surface area contributed by atoms with Gasteiger partial charge in [0.1, 0.15) is 12.2 Å². The number of imidazole rings is 1. The highest BCUT2D eigenvalue weighted by Crippen LogP contribution is 2.26. The van der Waals surface area contributed by atoms with E-state index in [2.05, 4.69) is 61.2 Å². The fourth-order valence-corrected chi connectivity index (χ4v) is 4.57. The van der Waals surface area contributed by atoms with Crippen molar-refractivity contribution in [2.45, 2.75) is 38.1 Å². The molecule has 9 nitrogen and oxygen atoms in total. The van der Waals surface area contributed by atoms with Gasteiger partial charge in [-0.15, -0.1) is 5.10 Å². The molecule has 0 aliphatic rings. The minimum atomic E-state index is -0.317. The zero-order valence-electron chi connectivity index (χ0n) is 21.3. The molecule has 2 aromatic heterocycles. The second kappa shape index (κ2) is 11.6. The zero-order valence-corrected chi connectivity index (χ0v) is 21.3. The lowest BCUT2D eigenvalue weighted by Crippen LogP contribution is -2.30. The molecule has 2 heterocycles. The Morgan fingerprint density at radius 3 is 2.55 bits per heavy atom. The van der Waals surface area contributed by atoms with Crippen LogP contribution < -0.4 is 10.6 Å². The minimum Gasteiger partial charge on any atom is -0.359 e. The molecule has 38 heavy (non-hydrogen) atoms. The van der Waals surface area contributed by atoms with Crippen molar-refractivity contribution in [3.8, 4) is 16.9 Å². The maximum Gasteiger partial charge on any atom is 0.254 e. The first-order valence-corrected chi connectivity index (χ1v) is 12.8. The van der Waals surface area contributed by atoms with Crippen LogP contribution in [0.4, 0.5) is 0 Å². The van der Waals surface area contributed by atoms with Gasteiger partial charge < -0.3 is 15.6 Å². The van der Waals surface area contributed by atoms with E-state index < -0.39 is 0 Å². The lowest BCUT2D eigenvalue weighted by Gasteiger charge is -2.19. The van der Waals surface area contributed by atoms with Gasteiger partial charge in [-0.1, -0.05) is 61.4 Å². The molecule has 194 valence electrons. The van der Waals surface area contributed by atoms with Crippen molar-refractivity contribution in [1.82, 2.24) is 35.6 Å². The van der Waals surface area contributed by atoms with E-state index in [1.54, 1.807) is 24.1 Å². The van der Waals surface area contributed by atoms with Gasteiger partial charge in [0.15, 0.2) is 0 Å². The molecule has 4 N–H and O–H groups in total. The summed E-state index contributed by atoms with van der Waals surface area (Å²) < 4.78 is 1.70. The molecule has 0 aliphatic heterocycles. The largest absolute Gasteiger partial charge is 0.359 e. The first kappa shape index (κ1) is 25.0. The average molecular weight is 510 g/mol. The second-order valence-corrected chi connectivity index (χ2v) is 9.27. The van der Waals surface area contributed by atoms with Crippen molar-refractivity contribution in [2.75, 3.05) is 7.05 Å². The summed E-state index contributed by atoms with van der Waals surface area (Å²) in [5.74, 6) is 0.552. The number of H-pyrrole nitrogens is 2. The summed E-state index contributed by atoms with van der Waals surface area (Å²) >= 11 is 0. The van der Waals surface area contributed by atoms with Crippen molar-refractivity contribution in [2.24, 2.45) is 0 Å². The zero-order chi connectivity index (χ0) is 26.3. The number of para-hydroxylation sites is 1. The SMILES string of the molecule is CNC(=O)CCCCC[C@H](NC(=O)c1ccccc1-n1cn[nH]1)c1ncc(-c2ccc3ccccc3c2)[nH]1. The van der Waals surface area contributed by atoms with Gasteiger partial charge in [0.05, 0.1) is 29.2 Å². The number of hydrogen-bond acceptors (Lipinski definition) is 4. The number of benzene rings is 3. The number of carbonyl (C=O) groups excluding carboxylic acids is 2. The highest BCUT2D eigenvalue weighted by molar-refractivity contribution is 5.98. The molecule has 0 radical (unpaired) electrons. The minimum absolute atomic E-state index is 0.0423. The molecule has 0 saturated carbocycles. The number of nitrogens with zero attached hydrogens (tertiary/aromatic N) is 3. The van der Waals surface area contributed by atoms with E-state index >= 15 is 0 Å². The Morgan fingerprint density at radius 1 is 0.974 bits per heavy atom. The Balaban J connectivity index is 1.35. The summed E-state index contributed by atoms with van der Waals surface area (Å²) in [7, 11) is 1.65. The van der Waals surface area contributed by atoms with E-state index in [-0.39, 0.29) is 17.9 Å². The molecule has 0 aliphatic carbocycles. The van der Waals surface area contributed by atoms with Crippen LogP contribution in [0.3, 0.4) is 0 Å². The van der Waals surface area contributed by atoms with Gasteiger partial charge in [-0.2, -0.15) is 0 Å². The van der Waals surface area contributed by atoms with Crippen LogP contribution in [-0.4, -0.2) is 43.8 Å². The summed E-state index contributed by atoms with van der Waals surface area (Å²) in [5, 5.41) is 14.9. The number of fused-ring (bicyclic) bond motifs is 1. The van der Waals surface area contributed by atoms with Crippen molar-refractivity contribution in [3.05, 3.63) is 90.6 Å². The number of unbranched alkanes of at least 4 members (excludes halogenated alkanes) is 2. The number of rotatable bonds is 11. The standard InChI is InChI=1S/C29H31N7O2/c1-30-27(37)14-4-2-3-12-24(34-29(38)23-11-7-8-13-26(23)36-19-32-35-36)28-31-18-25(33-28)22-16-15-20-9-5-6-10-21(20)17-22/h5-11,13,15-19,24,35H,2-4,12,14H2,1H3,(H,30,37)(H,31,33)(H,34,38)/t24-/m0/s1. The molecule has 0 bridgehead atoms. The summed E-state index contributed by atoms with van der Waals surface area (Å²) in [6.07, 6.45) is 7.15. The maximum absolute atomic E-state index is 13.4. The normalized spacial score (nSPS) is 11.9. The molecule has 0 unspecified atom stereocenters. The first-order chi connectivity index (χ1) is 18.6. The Morgan fingerprint density at radius 2 is 1.76 bits per heavy atom. The number of aromatic amines is 2. The third-order valence-electron chi connectivity index (χ3n) is 6.71. The van der Waals surface area contributed by atoms with Crippen LogP contribution in [0.5, 0.6) is 0 Å². The lowest BCUT2D eigenvalue weighted by atomic mass is 10.0. The van der Waals surface area contributed by atoms with Crippen molar-refractivity contribution >= 4 is 22.6 Å². The van der Waals surface area contributed by atoms with Crippen LogP contribution in [0.2, 0.25) is 0 Å². The Bertz CT molecular complexity index is 1520. The summed E-state index contributed by atoms with van der Waals surface area (Å²) in [6.45, 7) is 0. The predicted molar refractivity (Wildman–Crippen MR) is 147 cm³/mol. The number of hydrogen-bond donors (Lipinski definition) is 4. The molecule has 1 atom stereocenters. The van der Waals surface area contributed by atoms with Gasteiger partial charge in [0.25, 0.3) is 5.91 Å². The van der Waals surface area contributed by atoms with Crippen molar-refractivity contribution < 1.29 is 9.59 Å². The number of carbonyl (C=O) groups is 2. The summed E-state index contributed by atoms with van der Waals surface area (Å²) in [6, 6.07) is 21.6. The monoisotopic (exact) mass is 509 g/mol. The fraction of sp³-hybridized carbons (Fsp3) is 0.241. The topological polar surface area (TPSA) is 120 Å². The van der Waals surface area contributed by atoms with Crippen LogP contribution in [0, 0.1) is 0 Å². The van der Waals surface area contributed by atoms with Gasteiger partial charge in [-0.05, 0) is 41.8 Å². The Kier molecular flexibility index (Phi) is 7.63. The molecular weight excluding hydrogens is 478 g/mol. The quantitative estimate of drug-likeness (QED) is 0.189. The first-order valence-electron chi connectivity index (χ1n) is 12.8. The van der Waals surface area contributed by atoms with Crippen LogP contribution in [0.1, 0.15) is 54.3 Å². The lowest BCUT2D eigenvalue weighted by molar-refractivity contribution is -0.120. The number of nitrogens with one attached hydrogen (secondary N) is 4. The highest BCUT2D eigenvalue weighted by atomic mass is 16.2. The molecule has 5 rings (SSSR count). The molecular formula is C29H31N7O2. The number of amides is 2. The van der Waals surface area contributed by atoms with Crippen LogP contribution in [0.15, 0.2) is 79.3 Å². The smallest absolute Gasteiger partial charge is 0.254 e. The van der Waals surface area contributed by atoms with E-state index in [0.29, 0.717) is 24.2 Å². The van der Waals surface area contributed by atoms with E-state index in [9.17, 15) is 9.59 Å². The van der Waals surface area contributed by atoms with Crippen molar-refractivity contribution in [3.63, 3.8) is 0 Å². The van der Waals surface area contributed by atoms with E-state index in [4.69, 9.17) is 0 Å². The molecule has 5 aromatic rings. The van der Waals surface area contributed by atoms with Crippen LogP contribution in [-0.2, 0) is 4.79 Å². The van der Waals surface area contributed by atoms with Crippen molar-refractivity contribution in [1.29, 1.82) is 0 Å². The molecule has 0 fully saturated rings. The van der Waals surface area contributed by atoms with Crippen LogP contribution in [0.25, 0.3) is 27.7 Å². The average Bonchev–Trinajstić information content (AvgIpc) is 3.41. The van der Waals surface area contributed by atoms with Gasteiger partial charge in [-0.25, -0.2) is 14.9 Å². The van der Waals surface area contributed by atoms with E-state index in [1.807, 2.05) is 36.5 Å². The molecule has 2 amide bonds. The van der Waals surface area contributed by atoms with Crippen LogP contribution >= 0.6 is 0 Å². The molecule has 9 heteroatoms. The van der Waals surface area contributed by atoms with Gasteiger partial charge in [0, 0.05) is 19.0 Å². The highest BCUT2D eigenvalue weighted by Gasteiger charge is 2.21. The summed E-state index contributed by atoms with van der Waals surface area (Å²) in [5.41, 5.74) is 3.19. The maximum atomic E-state index is 13.4. The second-order valence-electron chi connectivity index (χ2n) is 9.27. The third kappa shape index (κ3) is 5.67. The molecule has 0 saturated heterocycles. The van der Waals surface area contributed by atoms with Gasteiger partial charge in [0.2, 0.25) is 5.91 Å². The summed E-state index contributed by atoms with van der Waals surface area (Å²) in [4.78, 5) is 33.1.